The van der Waals surface area contributed by atoms with Gasteiger partial charge in [0, 0.05) is 12.2 Å². The van der Waals surface area contributed by atoms with Crippen LogP contribution in [0, 0.1) is 0 Å². The molecule has 0 rings (SSSR count). The predicted octanol–water partition coefficient (Wildman–Crippen LogP) is 1.54. The monoisotopic (exact) mass is 294 g/mol. The van der Waals surface area contributed by atoms with Gasteiger partial charge in [-0.1, -0.05) is 13.2 Å². The molecular formula is C10H15O8P. The van der Waals surface area contributed by atoms with Gasteiger partial charge in [-0.05, 0) is 6.92 Å². The summed E-state index contributed by atoms with van der Waals surface area (Å²) in [5.74, 6) is -1.53. The number of ether oxygens (including phenoxy) is 2. The van der Waals surface area contributed by atoms with E-state index in [1.165, 1.54) is 0 Å². The van der Waals surface area contributed by atoms with Crippen LogP contribution in [0.5, 0.6) is 0 Å². The Morgan fingerprint density at radius 3 is 1.74 bits per heavy atom. The van der Waals surface area contributed by atoms with Crippen molar-refractivity contribution in [2.24, 2.45) is 0 Å². The molecule has 8 nitrogen and oxygen atoms in total. The Morgan fingerprint density at radius 2 is 1.42 bits per heavy atom. The molecule has 0 saturated carbocycles. The molecule has 0 aromatic carbocycles. The van der Waals surface area contributed by atoms with Crippen molar-refractivity contribution in [3.05, 3.63) is 25.3 Å². The summed E-state index contributed by atoms with van der Waals surface area (Å²) in [5, 5.41) is 0. The summed E-state index contributed by atoms with van der Waals surface area (Å²) in [5.41, 5.74) is 0. The van der Waals surface area contributed by atoms with Crippen molar-refractivity contribution in [1.29, 1.82) is 0 Å². The lowest BCUT2D eigenvalue weighted by atomic mass is 10.7. The molecule has 9 heteroatoms. The van der Waals surface area contributed by atoms with Crippen LogP contribution >= 0.6 is 7.82 Å². The summed E-state index contributed by atoms with van der Waals surface area (Å²) in [4.78, 5) is 21.5. The van der Waals surface area contributed by atoms with E-state index >= 15 is 0 Å². The minimum Gasteiger partial charge on any atom is -0.435 e. The summed E-state index contributed by atoms with van der Waals surface area (Å²) >= 11 is 0. The Balaban J connectivity index is 4.21. The Bertz CT molecular complexity index is 348. The average molecular weight is 294 g/mol. The molecule has 0 atom stereocenters. The molecule has 19 heavy (non-hydrogen) atoms. The number of hydrogen-bond acceptors (Lipinski definition) is 8. The van der Waals surface area contributed by atoms with Gasteiger partial charge < -0.3 is 9.47 Å². The zero-order chi connectivity index (χ0) is 14.7. The maximum atomic E-state index is 11.9. The highest BCUT2D eigenvalue weighted by molar-refractivity contribution is 7.48. The molecule has 0 aromatic heterocycles. The van der Waals surface area contributed by atoms with E-state index in [0.29, 0.717) is 0 Å². The average Bonchev–Trinajstić information content (AvgIpc) is 2.38. The van der Waals surface area contributed by atoms with Crippen molar-refractivity contribution >= 4 is 19.8 Å². The summed E-state index contributed by atoms with van der Waals surface area (Å²) in [6.07, 6.45) is 1.81. The second-order valence-corrected chi connectivity index (χ2v) is 4.36. The van der Waals surface area contributed by atoms with E-state index < -0.39 is 33.3 Å². The van der Waals surface area contributed by atoms with E-state index in [0.717, 1.165) is 12.2 Å². The van der Waals surface area contributed by atoms with Crippen LogP contribution in [0.4, 0.5) is 0 Å². The zero-order valence-electron chi connectivity index (χ0n) is 10.4. The summed E-state index contributed by atoms with van der Waals surface area (Å²) in [6, 6.07) is 0. The van der Waals surface area contributed by atoms with Crippen LogP contribution in [0.15, 0.2) is 25.3 Å². The smallest absolute Gasteiger partial charge is 0.435 e. The zero-order valence-corrected chi connectivity index (χ0v) is 11.3. The van der Waals surface area contributed by atoms with Crippen LogP contribution in [0.3, 0.4) is 0 Å². The Kier molecular flexibility index (Phi) is 8.73. The predicted molar refractivity (Wildman–Crippen MR) is 63.7 cm³/mol. The first-order valence-electron chi connectivity index (χ1n) is 5.09. The Hall–Kier alpha value is -1.47. The van der Waals surface area contributed by atoms with Crippen LogP contribution in [-0.4, -0.2) is 32.1 Å². The molecule has 0 amide bonds. The molecule has 108 valence electrons. The van der Waals surface area contributed by atoms with Crippen molar-refractivity contribution in [2.45, 2.75) is 6.92 Å². The second-order valence-electron chi connectivity index (χ2n) is 2.69. The van der Waals surface area contributed by atoms with E-state index in [9.17, 15) is 14.2 Å². The molecule has 0 fully saturated rings. The molecule has 0 unspecified atom stereocenters. The van der Waals surface area contributed by atoms with Crippen molar-refractivity contribution in [1.82, 2.24) is 0 Å². The fourth-order valence-corrected chi connectivity index (χ4v) is 1.59. The number of esters is 2. The van der Waals surface area contributed by atoms with Crippen LogP contribution in [0.1, 0.15) is 6.92 Å². The number of phosphoric ester groups is 1. The fourth-order valence-electron chi connectivity index (χ4n) is 0.686. The van der Waals surface area contributed by atoms with E-state index in [1.54, 1.807) is 6.92 Å². The lowest BCUT2D eigenvalue weighted by Gasteiger charge is -2.16. The molecule has 0 aromatic rings. The first kappa shape index (κ1) is 17.5. The third-order valence-corrected chi connectivity index (χ3v) is 2.86. The molecule has 0 N–H and O–H groups in total. The lowest BCUT2D eigenvalue weighted by Crippen LogP contribution is -2.10. The third kappa shape index (κ3) is 8.28. The van der Waals surface area contributed by atoms with Gasteiger partial charge in [0.25, 0.3) is 0 Å². The second kappa shape index (κ2) is 9.46. The minimum atomic E-state index is -3.98. The van der Waals surface area contributed by atoms with Crippen LogP contribution in [0.2, 0.25) is 0 Å². The largest absolute Gasteiger partial charge is 0.480 e. The van der Waals surface area contributed by atoms with Crippen molar-refractivity contribution < 1.29 is 37.2 Å². The highest BCUT2D eigenvalue weighted by Crippen LogP contribution is 2.49. The SMILES string of the molecule is C=CC(=O)OCOP(=O)(OCC)OCOC(=O)C=C. The van der Waals surface area contributed by atoms with Gasteiger partial charge in [-0.2, -0.15) is 0 Å². The van der Waals surface area contributed by atoms with Crippen LogP contribution in [0.25, 0.3) is 0 Å². The molecule has 0 aliphatic carbocycles. The van der Waals surface area contributed by atoms with Crippen LogP contribution in [-0.2, 0) is 37.2 Å². The molecule has 0 aliphatic heterocycles. The molecule has 0 aliphatic rings. The quantitative estimate of drug-likeness (QED) is 0.259. The molecule has 0 saturated heterocycles. The number of hydrogen-bond donors (Lipinski definition) is 0. The molecule has 0 bridgehead atoms. The van der Waals surface area contributed by atoms with Gasteiger partial charge >= 0.3 is 19.8 Å². The summed E-state index contributed by atoms with van der Waals surface area (Å²) in [6.45, 7) is 6.58. The van der Waals surface area contributed by atoms with Gasteiger partial charge in [0.15, 0.2) is 0 Å². The highest BCUT2D eigenvalue weighted by atomic mass is 31.2. The first-order chi connectivity index (χ1) is 8.97. The van der Waals surface area contributed by atoms with Gasteiger partial charge in [-0.15, -0.1) is 0 Å². The van der Waals surface area contributed by atoms with Crippen LogP contribution < -0.4 is 0 Å². The Labute approximate surface area is 110 Å². The van der Waals surface area contributed by atoms with E-state index in [4.69, 9.17) is 4.52 Å². The van der Waals surface area contributed by atoms with Gasteiger partial charge in [0.2, 0.25) is 13.6 Å². The van der Waals surface area contributed by atoms with Gasteiger partial charge in [0.1, 0.15) is 0 Å². The summed E-state index contributed by atoms with van der Waals surface area (Å²) in [7, 11) is -3.98. The van der Waals surface area contributed by atoms with E-state index in [1.807, 2.05) is 0 Å². The van der Waals surface area contributed by atoms with Crippen molar-refractivity contribution in [3.8, 4) is 0 Å². The van der Waals surface area contributed by atoms with E-state index in [-0.39, 0.29) is 6.61 Å². The number of phosphoric acid groups is 1. The number of carbonyl (C=O) groups excluding carboxylic acids is 2. The number of rotatable bonds is 10. The highest BCUT2D eigenvalue weighted by Gasteiger charge is 2.27. The first-order valence-corrected chi connectivity index (χ1v) is 6.55. The minimum absolute atomic E-state index is 0.0160. The molecule has 0 radical (unpaired) electrons. The maximum Gasteiger partial charge on any atom is 0.480 e. The molecule has 0 spiro atoms. The van der Waals surface area contributed by atoms with Gasteiger partial charge in [0.05, 0.1) is 6.61 Å². The van der Waals surface area contributed by atoms with Crippen molar-refractivity contribution in [3.63, 3.8) is 0 Å². The topological polar surface area (TPSA) is 97.4 Å². The normalized spacial score (nSPS) is 10.6. The Morgan fingerprint density at radius 1 is 1.00 bits per heavy atom. The number of carbonyl (C=O) groups is 2. The molecular weight excluding hydrogens is 279 g/mol. The van der Waals surface area contributed by atoms with Crippen molar-refractivity contribution in [2.75, 3.05) is 20.2 Å². The maximum absolute atomic E-state index is 11.9. The van der Waals surface area contributed by atoms with Gasteiger partial charge in [-0.25, -0.2) is 23.2 Å². The third-order valence-electron chi connectivity index (χ3n) is 1.44. The van der Waals surface area contributed by atoms with Gasteiger partial charge in [-0.3, -0.25) is 4.52 Å². The summed E-state index contributed by atoms with van der Waals surface area (Å²) < 4.78 is 34.8. The fraction of sp³-hybridized carbons (Fsp3) is 0.400. The lowest BCUT2D eigenvalue weighted by molar-refractivity contribution is -0.147. The standard InChI is InChI=1S/C10H15O8P/c1-4-9(11)14-7-17-19(13,16-6-3)18-8-15-10(12)5-2/h4-5H,1-2,6-8H2,3H3. The molecule has 0 heterocycles. The van der Waals surface area contributed by atoms with E-state index in [2.05, 4.69) is 31.7 Å².